The Morgan fingerprint density at radius 3 is 2.54 bits per heavy atom. The van der Waals surface area contributed by atoms with E-state index < -0.39 is 0 Å². The van der Waals surface area contributed by atoms with Crippen molar-refractivity contribution in [3.63, 3.8) is 0 Å². The fourth-order valence-corrected chi connectivity index (χ4v) is 2.07. The number of rotatable bonds is 6. The van der Waals surface area contributed by atoms with Gasteiger partial charge in [0.25, 0.3) is 5.91 Å². The van der Waals surface area contributed by atoms with Gasteiger partial charge in [0.05, 0.1) is 5.71 Å². The van der Waals surface area contributed by atoms with Crippen LogP contribution in [0.5, 0.6) is 11.5 Å². The van der Waals surface area contributed by atoms with Crippen LogP contribution in [0.15, 0.2) is 53.6 Å². The van der Waals surface area contributed by atoms with E-state index >= 15 is 0 Å². The van der Waals surface area contributed by atoms with Gasteiger partial charge in [0.2, 0.25) is 0 Å². The number of hydrogen-bond acceptors (Lipinski definition) is 4. The molecule has 2 N–H and O–H groups in total. The maximum atomic E-state index is 11.8. The summed E-state index contributed by atoms with van der Waals surface area (Å²) >= 11 is 0. The quantitative estimate of drug-likeness (QED) is 0.631. The summed E-state index contributed by atoms with van der Waals surface area (Å²) in [5.74, 6) is 0.907. The van der Waals surface area contributed by atoms with Crippen LogP contribution in [0.2, 0.25) is 0 Å². The Kier molecular flexibility index (Phi) is 5.95. The summed E-state index contributed by atoms with van der Waals surface area (Å²) in [6.07, 6.45) is 0. The Labute approximate surface area is 142 Å². The number of carbonyl (C=O) groups excluding carboxylic acids is 1. The normalized spacial score (nSPS) is 11.4. The molecule has 0 saturated carbocycles. The van der Waals surface area contributed by atoms with Crippen LogP contribution in [0, 0.1) is 0 Å². The van der Waals surface area contributed by atoms with Gasteiger partial charge in [-0.3, -0.25) is 4.79 Å². The Balaban J connectivity index is 1.85. The average molecular weight is 326 g/mol. The third-order valence-corrected chi connectivity index (χ3v) is 3.53. The number of hydrogen-bond donors (Lipinski definition) is 2. The Morgan fingerprint density at radius 2 is 1.92 bits per heavy atom. The van der Waals surface area contributed by atoms with E-state index in [1.807, 2.05) is 24.3 Å². The van der Waals surface area contributed by atoms with E-state index in [-0.39, 0.29) is 18.3 Å². The number of phenolic OH excluding ortho intramolecular Hbond substituents is 1. The maximum Gasteiger partial charge on any atom is 0.277 e. The Bertz CT molecular complexity index is 722. The first-order chi connectivity index (χ1) is 11.5. The van der Waals surface area contributed by atoms with E-state index in [4.69, 9.17) is 4.74 Å². The third-order valence-electron chi connectivity index (χ3n) is 3.53. The third kappa shape index (κ3) is 5.12. The van der Waals surface area contributed by atoms with Crippen molar-refractivity contribution < 1.29 is 14.6 Å². The standard InChI is InChI=1S/C19H22N2O3/c1-13(2)15-7-9-18(10-8-15)24-12-19(23)21-20-14(3)16-5-4-6-17(22)11-16/h4-11,13,22H,12H2,1-3H3,(H,21,23)/b20-14-. The molecule has 5 heteroatoms. The van der Waals surface area contributed by atoms with Gasteiger partial charge >= 0.3 is 0 Å². The lowest BCUT2D eigenvalue weighted by atomic mass is 10.0. The molecule has 0 heterocycles. The van der Waals surface area contributed by atoms with Gasteiger partial charge < -0.3 is 9.84 Å². The topological polar surface area (TPSA) is 70.9 Å². The van der Waals surface area contributed by atoms with Gasteiger partial charge in [-0.15, -0.1) is 0 Å². The zero-order valence-corrected chi connectivity index (χ0v) is 14.1. The number of phenols is 1. The molecule has 0 aromatic heterocycles. The van der Waals surface area contributed by atoms with E-state index in [0.717, 1.165) is 5.56 Å². The highest BCUT2D eigenvalue weighted by Gasteiger charge is 2.04. The Hall–Kier alpha value is -2.82. The van der Waals surface area contributed by atoms with Crippen LogP contribution >= 0.6 is 0 Å². The zero-order chi connectivity index (χ0) is 17.5. The lowest BCUT2D eigenvalue weighted by molar-refractivity contribution is -0.123. The molecule has 2 rings (SSSR count). The molecule has 0 radical (unpaired) electrons. The summed E-state index contributed by atoms with van der Waals surface area (Å²) < 4.78 is 5.44. The SMILES string of the molecule is C/C(=N/NC(=O)COc1ccc(C(C)C)cc1)c1cccc(O)c1. The van der Waals surface area contributed by atoms with Crippen molar-refractivity contribution >= 4 is 11.6 Å². The highest BCUT2D eigenvalue weighted by Crippen LogP contribution is 2.18. The molecule has 0 unspecified atom stereocenters. The molecule has 0 fully saturated rings. The molecular formula is C19H22N2O3. The second-order valence-corrected chi connectivity index (χ2v) is 5.79. The molecule has 126 valence electrons. The molecule has 0 aliphatic carbocycles. The van der Waals surface area contributed by atoms with Crippen molar-refractivity contribution in [1.82, 2.24) is 5.43 Å². The van der Waals surface area contributed by atoms with Crippen LogP contribution in [-0.2, 0) is 4.79 Å². The summed E-state index contributed by atoms with van der Waals surface area (Å²) in [5, 5.41) is 13.5. The average Bonchev–Trinajstić information content (AvgIpc) is 2.58. The van der Waals surface area contributed by atoms with Crippen LogP contribution in [0.3, 0.4) is 0 Å². The van der Waals surface area contributed by atoms with Crippen LogP contribution in [-0.4, -0.2) is 23.3 Å². The van der Waals surface area contributed by atoms with Crippen LogP contribution in [0.1, 0.15) is 37.8 Å². The molecule has 0 aliphatic rings. The van der Waals surface area contributed by atoms with Gasteiger partial charge in [-0.1, -0.05) is 38.1 Å². The van der Waals surface area contributed by atoms with Gasteiger partial charge in [-0.25, -0.2) is 5.43 Å². The minimum absolute atomic E-state index is 0.113. The fourth-order valence-electron chi connectivity index (χ4n) is 2.07. The molecule has 24 heavy (non-hydrogen) atoms. The van der Waals surface area contributed by atoms with Gasteiger partial charge in [-0.05, 0) is 42.7 Å². The smallest absolute Gasteiger partial charge is 0.277 e. The first-order valence-corrected chi connectivity index (χ1v) is 7.81. The van der Waals surface area contributed by atoms with Crippen molar-refractivity contribution in [2.75, 3.05) is 6.61 Å². The Morgan fingerprint density at radius 1 is 1.21 bits per heavy atom. The van der Waals surface area contributed by atoms with Crippen molar-refractivity contribution in [3.05, 3.63) is 59.7 Å². The summed E-state index contributed by atoms with van der Waals surface area (Å²) in [5.41, 5.74) is 5.00. The number of aromatic hydroxyl groups is 1. The monoisotopic (exact) mass is 326 g/mol. The molecule has 0 spiro atoms. The summed E-state index contributed by atoms with van der Waals surface area (Å²) in [6, 6.07) is 14.4. The highest BCUT2D eigenvalue weighted by atomic mass is 16.5. The maximum absolute atomic E-state index is 11.8. The van der Waals surface area contributed by atoms with Crippen LogP contribution in [0.4, 0.5) is 0 Å². The molecule has 1 amide bonds. The van der Waals surface area contributed by atoms with Crippen molar-refractivity contribution in [1.29, 1.82) is 0 Å². The lowest BCUT2D eigenvalue weighted by Gasteiger charge is -2.08. The second kappa shape index (κ2) is 8.15. The second-order valence-electron chi connectivity index (χ2n) is 5.79. The van der Waals surface area contributed by atoms with Crippen molar-refractivity contribution in [2.24, 2.45) is 5.10 Å². The van der Waals surface area contributed by atoms with E-state index in [1.165, 1.54) is 5.56 Å². The molecule has 0 aliphatic heterocycles. The number of benzene rings is 2. The van der Waals surface area contributed by atoms with Crippen molar-refractivity contribution in [3.8, 4) is 11.5 Å². The zero-order valence-electron chi connectivity index (χ0n) is 14.1. The fraction of sp³-hybridized carbons (Fsp3) is 0.263. The summed E-state index contributed by atoms with van der Waals surface area (Å²) in [4.78, 5) is 11.8. The lowest BCUT2D eigenvalue weighted by Crippen LogP contribution is -2.25. The van der Waals surface area contributed by atoms with Gasteiger partial charge in [0.15, 0.2) is 6.61 Å². The van der Waals surface area contributed by atoms with E-state index in [9.17, 15) is 9.90 Å². The predicted molar refractivity (Wildman–Crippen MR) is 94.5 cm³/mol. The number of nitrogens with one attached hydrogen (secondary N) is 1. The number of hydrazone groups is 1. The molecule has 0 atom stereocenters. The van der Waals surface area contributed by atoms with Crippen molar-refractivity contribution in [2.45, 2.75) is 26.7 Å². The molecule has 2 aromatic rings. The molecule has 0 bridgehead atoms. The molecule has 2 aromatic carbocycles. The number of carbonyl (C=O) groups is 1. The van der Waals surface area contributed by atoms with Crippen LogP contribution < -0.4 is 10.2 Å². The van der Waals surface area contributed by atoms with Gasteiger partial charge in [0, 0.05) is 5.56 Å². The van der Waals surface area contributed by atoms with E-state index in [1.54, 1.807) is 31.2 Å². The van der Waals surface area contributed by atoms with Gasteiger partial charge in [-0.2, -0.15) is 5.10 Å². The first kappa shape index (κ1) is 17.5. The first-order valence-electron chi connectivity index (χ1n) is 7.81. The highest BCUT2D eigenvalue weighted by molar-refractivity contribution is 5.99. The van der Waals surface area contributed by atoms with Gasteiger partial charge in [0.1, 0.15) is 11.5 Å². The van der Waals surface area contributed by atoms with E-state index in [2.05, 4.69) is 24.4 Å². The number of amides is 1. The van der Waals surface area contributed by atoms with Crippen LogP contribution in [0.25, 0.3) is 0 Å². The predicted octanol–water partition coefficient (Wildman–Crippen LogP) is 3.43. The molecule has 0 saturated heterocycles. The number of nitrogens with zero attached hydrogens (tertiary/aromatic N) is 1. The number of ether oxygens (including phenoxy) is 1. The minimum atomic E-state index is -0.345. The van der Waals surface area contributed by atoms with E-state index in [0.29, 0.717) is 17.4 Å². The summed E-state index contributed by atoms with van der Waals surface area (Å²) in [6.45, 7) is 5.88. The minimum Gasteiger partial charge on any atom is -0.508 e. The largest absolute Gasteiger partial charge is 0.508 e. The molecule has 5 nitrogen and oxygen atoms in total. The molecular weight excluding hydrogens is 304 g/mol. The summed E-state index contributed by atoms with van der Waals surface area (Å²) in [7, 11) is 0.